The molecule has 0 saturated carbocycles. The monoisotopic (exact) mass is 285 g/mol. The van der Waals surface area contributed by atoms with Crippen LogP contribution in [0.5, 0.6) is 0 Å². The van der Waals surface area contributed by atoms with Crippen LogP contribution < -0.4 is 5.32 Å². The van der Waals surface area contributed by atoms with Gasteiger partial charge in [0.2, 0.25) is 0 Å². The van der Waals surface area contributed by atoms with Crippen LogP contribution in [0.4, 0.5) is 5.69 Å². The van der Waals surface area contributed by atoms with Crippen molar-refractivity contribution in [2.24, 2.45) is 0 Å². The summed E-state index contributed by atoms with van der Waals surface area (Å²) in [5.41, 5.74) is 4.59. The lowest BCUT2D eigenvalue weighted by atomic mass is 10.1. The van der Waals surface area contributed by atoms with Gasteiger partial charge in [-0.15, -0.1) is 16.4 Å². The molecule has 2 heterocycles. The van der Waals surface area contributed by atoms with Crippen molar-refractivity contribution in [3.05, 3.63) is 52.0 Å². The molecule has 0 fully saturated rings. The van der Waals surface area contributed by atoms with Gasteiger partial charge in [0.25, 0.3) is 0 Å². The maximum Gasteiger partial charge on any atom is 0.143 e. The molecule has 1 aromatic carbocycles. The number of aromatic nitrogens is 4. The average Bonchev–Trinajstić information content (AvgIpc) is 3.10. The SMILES string of the molecule is Cc1ccc(-n2cnnn2)cc1NCc1sccc1C. The zero-order chi connectivity index (χ0) is 13.9. The van der Waals surface area contributed by atoms with E-state index in [0.29, 0.717) is 0 Å². The minimum absolute atomic E-state index is 0.837. The number of tetrazole rings is 1. The molecule has 6 heteroatoms. The van der Waals surface area contributed by atoms with Crippen LogP contribution in [-0.2, 0) is 6.54 Å². The summed E-state index contributed by atoms with van der Waals surface area (Å²) in [6, 6.07) is 8.29. The third-order valence-corrected chi connectivity index (χ3v) is 4.27. The fraction of sp³-hybridized carbons (Fsp3) is 0.214. The second-order valence-corrected chi connectivity index (χ2v) is 5.63. The second-order valence-electron chi connectivity index (χ2n) is 4.63. The topological polar surface area (TPSA) is 55.6 Å². The summed E-state index contributed by atoms with van der Waals surface area (Å²) >= 11 is 1.78. The predicted molar refractivity (Wildman–Crippen MR) is 80.3 cm³/mol. The summed E-state index contributed by atoms with van der Waals surface area (Å²) in [5.74, 6) is 0. The molecule has 3 rings (SSSR count). The van der Waals surface area contributed by atoms with Gasteiger partial charge < -0.3 is 5.32 Å². The Morgan fingerprint density at radius 2 is 2.10 bits per heavy atom. The first-order chi connectivity index (χ1) is 9.74. The highest BCUT2D eigenvalue weighted by Crippen LogP contribution is 2.22. The highest BCUT2D eigenvalue weighted by atomic mass is 32.1. The third kappa shape index (κ3) is 2.55. The molecule has 0 aliphatic heterocycles. The molecule has 3 aromatic rings. The summed E-state index contributed by atoms with van der Waals surface area (Å²) in [4.78, 5) is 1.36. The summed E-state index contributed by atoms with van der Waals surface area (Å²) < 4.78 is 1.65. The third-order valence-electron chi connectivity index (χ3n) is 3.24. The van der Waals surface area contributed by atoms with Crippen LogP contribution >= 0.6 is 11.3 Å². The lowest BCUT2D eigenvalue weighted by Gasteiger charge is -2.11. The number of hydrogen-bond acceptors (Lipinski definition) is 5. The van der Waals surface area contributed by atoms with Crippen molar-refractivity contribution in [3.63, 3.8) is 0 Å². The Kier molecular flexibility index (Phi) is 3.47. The van der Waals surface area contributed by atoms with Gasteiger partial charge in [-0.3, -0.25) is 0 Å². The summed E-state index contributed by atoms with van der Waals surface area (Å²) in [7, 11) is 0. The highest BCUT2D eigenvalue weighted by Gasteiger charge is 2.05. The van der Waals surface area contributed by atoms with Crippen LogP contribution in [0.25, 0.3) is 5.69 Å². The molecule has 1 N–H and O–H groups in total. The largest absolute Gasteiger partial charge is 0.380 e. The Labute approximate surface area is 121 Å². The van der Waals surface area contributed by atoms with Crippen molar-refractivity contribution in [2.75, 3.05) is 5.32 Å². The molecule has 0 unspecified atom stereocenters. The van der Waals surface area contributed by atoms with Crippen LogP contribution in [0.1, 0.15) is 16.0 Å². The first kappa shape index (κ1) is 12.8. The zero-order valence-corrected chi connectivity index (χ0v) is 12.2. The molecule has 0 amide bonds. The predicted octanol–water partition coefficient (Wildman–Crippen LogP) is 2.95. The Hall–Kier alpha value is -2.21. The van der Waals surface area contributed by atoms with E-state index in [0.717, 1.165) is 17.9 Å². The van der Waals surface area contributed by atoms with Gasteiger partial charge in [0.05, 0.1) is 5.69 Å². The fourth-order valence-electron chi connectivity index (χ4n) is 1.98. The molecule has 0 atom stereocenters. The summed E-state index contributed by atoms with van der Waals surface area (Å²) in [5, 5.41) is 16.8. The van der Waals surface area contributed by atoms with Gasteiger partial charge in [0.15, 0.2) is 0 Å². The van der Waals surface area contributed by atoms with Crippen molar-refractivity contribution in [1.29, 1.82) is 0 Å². The molecular formula is C14H15N5S. The average molecular weight is 285 g/mol. The Morgan fingerprint density at radius 3 is 2.80 bits per heavy atom. The number of thiophene rings is 1. The van der Waals surface area contributed by atoms with Gasteiger partial charge in [-0.2, -0.15) is 0 Å². The van der Waals surface area contributed by atoms with E-state index in [-0.39, 0.29) is 0 Å². The van der Waals surface area contributed by atoms with Gasteiger partial charge in [-0.1, -0.05) is 6.07 Å². The van der Waals surface area contributed by atoms with Crippen LogP contribution in [-0.4, -0.2) is 20.2 Å². The maximum absolute atomic E-state index is 3.91. The minimum Gasteiger partial charge on any atom is -0.380 e. The summed E-state index contributed by atoms with van der Waals surface area (Å²) in [6.45, 7) is 5.06. The number of nitrogens with one attached hydrogen (secondary N) is 1. The molecule has 0 spiro atoms. The van der Waals surface area contributed by atoms with Gasteiger partial charge >= 0.3 is 0 Å². The number of hydrogen-bond donors (Lipinski definition) is 1. The van der Waals surface area contributed by atoms with Crippen molar-refractivity contribution < 1.29 is 0 Å². The molecule has 0 saturated heterocycles. The lowest BCUT2D eigenvalue weighted by molar-refractivity contribution is 0.789. The smallest absolute Gasteiger partial charge is 0.143 e. The molecule has 0 radical (unpaired) electrons. The van der Waals surface area contributed by atoms with Crippen molar-refractivity contribution in [2.45, 2.75) is 20.4 Å². The summed E-state index contributed by atoms with van der Waals surface area (Å²) in [6.07, 6.45) is 1.60. The Bertz CT molecular complexity index is 702. The van der Waals surface area contributed by atoms with Crippen molar-refractivity contribution >= 4 is 17.0 Å². The number of anilines is 1. The molecular weight excluding hydrogens is 270 g/mol. The standard InChI is InChI=1S/C14H15N5S/c1-10-3-4-12(19-9-16-17-18-19)7-13(10)15-8-14-11(2)5-6-20-14/h3-7,9,15H,8H2,1-2H3. The van der Waals surface area contributed by atoms with Crippen molar-refractivity contribution in [3.8, 4) is 5.69 Å². The van der Waals surface area contributed by atoms with Crippen LogP contribution in [0.3, 0.4) is 0 Å². The molecule has 2 aromatic heterocycles. The minimum atomic E-state index is 0.837. The first-order valence-corrected chi connectivity index (χ1v) is 7.23. The molecule has 102 valence electrons. The first-order valence-electron chi connectivity index (χ1n) is 6.35. The van der Waals surface area contributed by atoms with Crippen LogP contribution in [0, 0.1) is 13.8 Å². The van der Waals surface area contributed by atoms with E-state index in [1.807, 2.05) is 6.07 Å². The van der Waals surface area contributed by atoms with E-state index in [2.05, 4.69) is 58.3 Å². The van der Waals surface area contributed by atoms with Gasteiger partial charge in [-0.25, -0.2) is 4.68 Å². The number of rotatable bonds is 4. The quantitative estimate of drug-likeness (QED) is 0.800. The normalized spacial score (nSPS) is 10.7. The molecule has 0 aliphatic carbocycles. The lowest BCUT2D eigenvalue weighted by Crippen LogP contribution is -2.03. The molecule has 0 bridgehead atoms. The van der Waals surface area contributed by atoms with E-state index in [9.17, 15) is 0 Å². The van der Waals surface area contributed by atoms with Crippen LogP contribution in [0.2, 0.25) is 0 Å². The van der Waals surface area contributed by atoms with Gasteiger partial charge in [0.1, 0.15) is 6.33 Å². The zero-order valence-electron chi connectivity index (χ0n) is 11.4. The number of aryl methyl sites for hydroxylation is 2. The van der Waals surface area contributed by atoms with Gasteiger partial charge in [0, 0.05) is 17.1 Å². The van der Waals surface area contributed by atoms with E-state index >= 15 is 0 Å². The maximum atomic E-state index is 3.91. The van der Waals surface area contributed by atoms with E-state index < -0.39 is 0 Å². The van der Waals surface area contributed by atoms with E-state index in [1.54, 1.807) is 22.3 Å². The van der Waals surface area contributed by atoms with Crippen molar-refractivity contribution in [1.82, 2.24) is 20.2 Å². The Balaban J connectivity index is 1.82. The van der Waals surface area contributed by atoms with Crippen LogP contribution in [0.15, 0.2) is 36.0 Å². The molecule has 5 nitrogen and oxygen atoms in total. The van der Waals surface area contributed by atoms with E-state index in [1.165, 1.54) is 16.0 Å². The fourth-order valence-corrected chi connectivity index (χ4v) is 2.83. The molecule has 20 heavy (non-hydrogen) atoms. The number of benzene rings is 1. The Morgan fingerprint density at radius 1 is 1.20 bits per heavy atom. The number of nitrogens with zero attached hydrogens (tertiary/aromatic N) is 4. The second kappa shape index (κ2) is 5.42. The molecule has 0 aliphatic rings. The highest BCUT2D eigenvalue weighted by molar-refractivity contribution is 7.10. The van der Waals surface area contributed by atoms with E-state index in [4.69, 9.17) is 0 Å². The van der Waals surface area contributed by atoms with Gasteiger partial charge in [-0.05, 0) is 59.0 Å².